The Morgan fingerprint density at radius 3 is 2.78 bits per heavy atom. The molecule has 1 atom stereocenters. The van der Waals surface area contributed by atoms with Crippen molar-refractivity contribution < 1.29 is 4.79 Å². The van der Waals surface area contributed by atoms with Gasteiger partial charge in [0.2, 0.25) is 5.91 Å². The predicted octanol–water partition coefficient (Wildman–Crippen LogP) is 0.934. The second-order valence-electron chi connectivity index (χ2n) is 5.05. The van der Waals surface area contributed by atoms with E-state index in [0.717, 1.165) is 12.8 Å². The van der Waals surface area contributed by atoms with Gasteiger partial charge in [-0.15, -0.1) is 0 Å². The van der Waals surface area contributed by atoms with Crippen LogP contribution in [0.25, 0.3) is 0 Å². The Hall–Kier alpha value is -1.62. The Morgan fingerprint density at radius 2 is 2.22 bits per heavy atom. The number of anilines is 1. The van der Waals surface area contributed by atoms with Crippen molar-refractivity contribution in [3.8, 4) is 0 Å². The first kappa shape index (κ1) is 12.8. The molecule has 5 heteroatoms. The van der Waals surface area contributed by atoms with Crippen molar-refractivity contribution in [2.24, 2.45) is 11.7 Å². The van der Waals surface area contributed by atoms with Crippen molar-refractivity contribution in [3.05, 3.63) is 28.7 Å². The molecule has 1 amide bonds. The molecule has 0 spiro atoms. The number of aromatic nitrogens is 1. The van der Waals surface area contributed by atoms with Gasteiger partial charge in [-0.05, 0) is 38.7 Å². The van der Waals surface area contributed by atoms with Gasteiger partial charge in [0.15, 0.2) is 0 Å². The van der Waals surface area contributed by atoms with E-state index >= 15 is 0 Å². The third-order valence-electron chi connectivity index (χ3n) is 3.50. The molecule has 18 heavy (non-hydrogen) atoms. The lowest BCUT2D eigenvalue weighted by Gasteiger charge is -2.23. The maximum Gasteiger partial charge on any atom is 0.250 e. The molecule has 0 bridgehead atoms. The number of amides is 1. The Balaban J connectivity index is 2.14. The normalized spacial score (nSPS) is 18.2. The summed E-state index contributed by atoms with van der Waals surface area (Å²) in [4.78, 5) is 23.5. The van der Waals surface area contributed by atoms with Crippen LogP contribution >= 0.6 is 0 Å². The number of carbonyl (C=O) groups excluding carboxylic acids is 1. The zero-order valence-corrected chi connectivity index (χ0v) is 10.8. The summed E-state index contributed by atoms with van der Waals surface area (Å²) in [5.41, 5.74) is 5.74. The molecule has 1 aliphatic carbocycles. The van der Waals surface area contributed by atoms with Crippen molar-refractivity contribution in [1.82, 2.24) is 4.57 Å². The lowest BCUT2D eigenvalue weighted by molar-refractivity contribution is -0.121. The maximum absolute atomic E-state index is 12.1. The number of nitrogens with one attached hydrogen (secondary N) is 1. The SMILES string of the molecule is CCn1cc(NC(=O)C(C)(N)C2CC2)ccc1=O. The smallest absolute Gasteiger partial charge is 0.250 e. The van der Waals surface area contributed by atoms with Gasteiger partial charge in [0.05, 0.1) is 11.2 Å². The lowest BCUT2D eigenvalue weighted by atomic mass is 9.96. The van der Waals surface area contributed by atoms with E-state index in [-0.39, 0.29) is 17.4 Å². The highest BCUT2D eigenvalue weighted by molar-refractivity contribution is 5.98. The number of nitrogens with zero attached hydrogens (tertiary/aromatic N) is 1. The van der Waals surface area contributed by atoms with E-state index in [4.69, 9.17) is 5.73 Å². The van der Waals surface area contributed by atoms with E-state index in [1.165, 1.54) is 6.07 Å². The van der Waals surface area contributed by atoms with Crippen LogP contribution in [-0.2, 0) is 11.3 Å². The Labute approximate surface area is 106 Å². The number of hydrogen-bond acceptors (Lipinski definition) is 3. The van der Waals surface area contributed by atoms with Crippen molar-refractivity contribution in [1.29, 1.82) is 0 Å². The van der Waals surface area contributed by atoms with Gasteiger partial charge in [0.25, 0.3) is 5.56 Å². The Bertz CT molecular complexity index is 515. The minimum absolute atomic E-state index is 0.0757. The van der Waals surface area contributed by atoms with Crippen LogP contribution in [0.2, 0.25) is 0 Å². The van der Waals surface area contributed by atoms with E-state index in [9.17, 15) is 9.59 Å². The largest absolute Gasteiger partial charge is 0.323 e. The Morgan fingerprint density at radius 1 is 1.56 bits per heavy atom. The highest BCUT2D eigenvalue weighted by Gasteiger charge is 2.44. The molecule has 0 aromatic carbocycles. The molecule has 0 aliphatic heterocycles. The van der Waals surface area contributed by atoms with Gasteiger partial charge in [-0.25, -0.2) is 0 Å². The topological polar surface area (TPSA) is 77.1 Å². The summed E-state index contributed by atoms with van der Waals surface area (Å²) in [5.74, 6) is 0.0842. The fraction of sp³-hybridized carbons (Fsp3) is 0.538. The zero-order valence-electron chi connectivity index (χ0n) is 10.8. The molecule has 1 heterocycles. The number of rotatable bonds is 4. The molecule has 1 saturated carbocycles. The van der Waals surface area contributed by atoms with Crippen LogP contribution in [0, 0.1) is 5.92 Å². The highest BCUT2D eigenvalue weighted by Crippen LogP contribution is 2.38. The van der Waals surface area contributed by atoms with Crippen LogP contribution in [0.1, 0.15) is 26.7 Å². The fourth-order valence-corrected chi connectivity index (χ4v) is 1.99. The van der Waals surface area contributed by atoms with E-state index in [0.29, 0.717) is 12.2 Å². The first-order valence-electron chi connectivity index (χ1n) is 6.26. The third kappa shape index (κ3) is 2.46. The minimum atomic E-state index is -0.826. The predicted molar refractivity (Wildman–Crippen MR) is 70.3 cm³/mol. The number of carbonyl (C=O) groups is 1. The van der Waals surface area contributed by atoms with Crippen molar-refractivity contribution in [2.75, 3.05) is 5.32 Å². The van der Waals surface area contributed by atoms with Crippen LogP contribution in [0.3, 0.4) is 0 Å². The number of nitrogens with two attached hydrogens (primary N) is 1. The second kappa shape index (κ2) is 4.57. The third-order valence-corrected chi connectivity index (χ3v) is 3.50. The van der Waals surface area contributed by atoms with Crippen molar-refractivity contribution in [3.63, 3.8) is 0 Å². The van der Waals surface area contributed by atoms with E-state index in [1.807, 2.05) is 6.92 Å². The second-order valence-corrected chi connectivity index (χ2v) is 5.05. The standard InChI is InChI=1S/C13H19N3O2/c1-3-16-8-10(6-7-11(16)17)15-12(18)13(2,14)9-4-5-9/h6-9H,3-5,14H2,1-2H3,(H,15,18). The fourth-order valence-electron chi connectivity index (χ4n) is 1.99. The highest BCUT2D eigenvalue weighted by atomic mass is 16.2. The molecule has 1 unspecified atom stereocenters. The van der Waals surface area contributed by atoms with Gasteiger partial charge >= 0.3 is 0 Å². The first-order valence-corrected chi connectivity index (χ1v) is 6.26. The summed E-state index contributed by atoms with van der Waals surface area (Å²) < 4.78 is 1.54. The summed E-state index contributed by atoms with van der Waals surface area (Å²) in [7, 11) is 0. The van der Waals surface area contributed by atoms with Gasteiger partial charge in [0.1, 0.15) is 0 Å². The molecule has 1 aromatic heterocycles. The summed E-state index contributed by atoms with van der Waals surface area (Å²) in [6.07, 6.45) is 3.66. The summed E-state index contributed by atoms with van der Waals surface area (Å²) in [6, 6.07) is 3.06. The molecule has 1 fully saturated rings. The Kier molecular flexibility index (Phi) is 3.26. The molecule has 0 saturated heterocycles. The molecule has 2 rings (SSSR count). The maximum atomic E-state index is 12.1. The molecule has 1 aromatic rings. The summed E-state index contributed by atoms with van der Waals surface area (Å²) in [5, 5.41) is 2.78. The van der Waals surface area contributed by atoms with Crippen LogP contribution < -0.4 is 16.6 Å². The van der Waals surface area contributed by atoms with Gasteiger partial charge < -0.3 is 15.6 Å². The molecule has 0 radical (unpaired) electrons. The van der Waals surface area contributed by atoms with Gasteiger partial charge in [0, 0.05) is 18.8 Å². The van der Waals surface area contributed by atoms with E-state index in [1.54, 1.807) is 23.8 Å². The van der Waals surface area contributed by atoms with Crippen LogP contribution in [0.4, 0.5) is 5.69 Å². The quantitative estimate of drug-likeness (QED) is 0.833. The van der Waals surface area contributed by atoms with Crippen molar-refractivity contribution >= 4 is 11.6 Å². The summed E-state index contributed by atoms with van der Waals surface area (Å²) in [6.45, 7) is 4.21. The number of aryl methyl sites for hydroxylation is 1. The summed E-state index contributed by atoms with van der Waals surface area (Å²) >= 11 is 0. The number of pyridine rings is 1. The molecule has 1 aliphatic rings. The number of hydrogen-bond donors (Lipinski definition) is 2. The zero-order chi connectivity index (χ0) is 13.3. The van der Waals surface area contributed by atoms with Crippen LogP contribution in [-0.4, -0.2) is 16.0 Å². The molecule has 98 valence electrons. The molecule has 5 nitrogen and oxygen atoms in total. The van der Waals surface area contributed by atoms with Crippen LogP contribution in [0.5, 0.6) is 0 Å². The van der Waals surface area contributed by atoms with Crippen molar-refractivity contribution in [2.45, 2.75) is 38.8 Å². The van der Waals surface area contributed by atoms with Gasteiger partial charge in [-0.3, -0.25) is 9.59 Å². The average Bonchev–Trinajstić information content (AvgIpc) is 3.15. The monoisotopic (exact) mass is 249 g/mol. The lowest BCUT2D eigenvalue weighted by Crippen LogP contribution is -2.50. The molecular weight excluding hydrogens is 230 g/mol. The first-order chi connectivity index (χ1) is 8.45. The average molecular weight is 249 g/mol. The van der Waals surface area contributed by atoms with E-state index < -0.39 is 5.54 Å². The van der Waals surface area contributed by atoms with Crippen LogP contribution in [0.15, 0.2) is 23.1 Å². The van der Waals surface area contributed by atoms with E-state index in [2.05, 4.69) is 5.32 Å². The van der Waals surface area contributed by atoms with Gasteiger partial charge in [-0.1, -0.05) is 0 Å². The van der Waals surface area contributed by atoms with Gasteiger partial charge in [-0.2, -0.15) is 0 Å². The molecular formula is C13H19N3O2. The minimum Gasteiger partial charge on any atom is -0.323 e. The molecule has 3 N–H and O–H groups in total.